The molecule has 2 heterocycles. The SMILES string of the molecule is Cc1cc(NC(=O)c2ccnc(C(=O)Nc3cc(Cl)cc(Cl)c3)c2)no1. The van der Waals surface area contributed by atoms with Crippen LogP contribution >= 0.6 is 23.2 Å². The summed E-state index contributed by atoms with van der Waals surface area (Å²) in [6.07, 6.45) is 1.36. The predicted molar refractivity (Wildman–Crippen MR) is 97.8 cm³/mol. The Morgan fingerprint density at radius 3 is 2.38 bits per heavy atom. The summed E-state index contributed by atoms with van der Waals surface area (Å²) in [5, 5.41) is 9.66. The minimum absolute atomic E-state index is 0.0603. The fourth-order valence-corrected chi connectivity index (χ4v) is 2.66. The number of hydrogen-bond donors (Lipinski definition) is 2. The third kappa shape index (κ3) is 4.38. The number of amides is 2. The van der Waals surface area contributed by atoms with Crippen molar-refractivity contribution in [3.63, 3.8) is 0 Å². The van der Waals surface area contributed by atoms with Crippen molar-refractivity contribution in [3.05, 3.63) is 69.7 Å². The maximum Gasteiger partial charge on any atom is 0.274 e. The van der Waals surface area contributed by atoms with Gasteiger partial charge < -0.3 is 15.2 Å². The van der Waals surface area contributed by atoms with Gasteiger partial charge in [-0.05, 0) is 37.3 Å². The van der Waals surface area contributed by atoms with Crippen molar-refractivity contribution in [3.8, 4) is 0 Å². The lowest BCUT2D eigenvalue weighted by atomic mass is 10.2. The van der Waals surface area contributed by atoms with Gasteiger partial charge in [0, 0.05) is 33.6 Å². The summed E-state index contributed by atoms with van der Waals surface area (Å²) in [4.78, 5) is 28.6. The van der Waals surface area contributed by atoms with E-state index in [4.69, 9.17) is 27.7 Å². The molecule has 2 amide bonds. The summed E-state index contributed by atoms with van der Waals surface area (Å²) >= 11 is 11.8. The van der Waals surface area contributed by atoms with E-state index in [0.29, 0.717) is 21.5 Å². The van der Waals surface area contributed by atoms with Crippen LogP contribution in [0.5, 0.6) is 0 Å². The highest BCUT2D eigenvalue weighted by molar-refractivity contribution is 6.35. The van der Waals surface area contributed by atoms with Crippen LogP contribution in [0.3, 0.4) is 0 Å². The summed E-state index contributed by atoms with van der Waals surface area (Å²) < 4.78 is 4.89. The van der Waals surface area contributed by atoms with Gasteiger partial charge in [-0.2, -0.15) is 0 Å². The first kappa shape index (κ1) is 17.9. The van der Waals surface area contributed by atoms with Crippen LogP contribution in [0.1, 0.15) is 26.6 Å². The van der Waals surface area contributed by atoms with E-state index in [1.54, 1.807) is 31.2 Å². The number of carbonyl (C=O) groups is 2. The Labute approximate surface area is 158 Å². The van der Waals surface area contributed by atoms with Crippen LogP contribution < -0.4 is 10.6 Å². The molecular weight excluding hydrogens is 379 g/mol. The molecule has 9 heteroatoms. The molecular formula is C17H12Cl2N4O3. The van der Waals surface area contributed by atoms with E-state index in [2.05, 4.69) is 20.8 Å². The fourth-order valence-electron chi connectivity index (χ4n) is 2.13. The van der Waals surface area contributed by atoms with Crippen LogP contribution in [0, 0.1) is 6.92 Å². The Morgan fingerprint density at radius 1 is 1.00 bits per heavy atom. The Hall–Kier alpha value is -2.90. The largest absolute Gasteiger partial charge is 0.360 e. The van der Waals surface area contributed by atoms with Crippen molar-refractivity contribution in [1.29, 1.82) is 0 Å². The number of halogens is 2. The maximum absolute atomic E-state index is 12.4. The Bertz CT molecular complexity index is 967. The van der Waals surface area contributed by atoms with E-state index in [1.165, 1.54) is 18.3 Å². The maximum atomic E-state index is 12.4. The minimum Gasteiger partial charge on any atom is -0.360 e. The van der Waals surface area contributed by atoms with Crippen LogP contribution in [0.2, 0.25) is 10.0 Å². The van der Waals surface area contributed by atoms with Gasteiger partial charge in [0.2, 0.25) is 0 Å². The number of aryl methyl sites for hydroxylation is 1. The molecule has 0 unspecified atom stereocenters. The van der Waals surface area contributed by atoms with E-state index in [0.717, 1.165) is 0 Å². The quantitative estimate of drug-likeness (QED) is 0.695. The van der Waals surface area contributed by atoms with Crippen molar-refractivity contribution < 1.29 is 14.1 Å². The zero-order valence-electron chi connectivity index (χ0n) is 13.4. The summed E-state index contributed by atoms with van der Waals surface area (Å²) in [5.74, 6) is -0.102. The third-order valence-corrected chi connectivity index (χ3v) is 3.68. The molecule has 0 bridgehead atoms. The van der Waals surface area contributed by atoms with Crippen molar-refractivity contribution in [1.82, 2.24) is 10.1 Å². The zero-order chi connectivity index (χ0) is 18.7. The van der Waals surface area contributed by atoms with Gasteiger partial charge in [-0.25, -0.2) is 0 Å². The number of carbonyl (C=O) groups excluding carboxylic acids is 2. The monoisotopic (exact) mass is 390 g/mol. The van der Waals surface area contributed by atoms with Gasteiger partial charge in [-0.1, -0.05) is 28.4 Å². The van der Waals surface area contributed by atoms with Crippen LogP contribution in [-0.4, -0.2) is 22.0 Å². The van der Waals surface area contributed by atoms with E-state index in [1.807, 2.05) is 0 Å². The molecule has 2 aromatic heterocycles. The Morgan fingerprint density at radius 2 is 1.73 bits per heavy atom. The first-order valence-electron chi connectivity index (χ1n) is 7.39. The lowest BCUT2D eigenvalue weighted by molar-refractivity contribution is 0.102. The number of nitrogens with zero attached hydrogens (tertiary/aromatic N) is 2. The number of rotatable bonds is 4. The van der Waals surface area contributed by atoms with Crippen molar-refractivity contribution >= 4 is 46.5 Å². The van der Waals surface area contributed by atoms with E-state index < -0.39 is 11.8 Å². The summed E-state index contributed by atoms with van der Waals surface area (Å²) in [6.45, 7) is 1.71. The summed E-state index contributed by atoms with van der Waals surface area (Å²) in [7, 11) is 0. The van der Waals surface area contributed by atoms with Gasteiger partial charge in [-0.15, -0.1) is 0 Å². The summed E-state index contributed by atoms with van der Waals surface area (Å²) in [6, 6.07) is 9.08. The van der Waals surface area contributed by atoms with Gasteiger partial charge in [-0.3, -0.25) is 14.6 Å². The molecule has 3 rings (SSSR count). The predicted octanol–water partition coefficient (Wildman–Crippen LogP) is 4.19. The Kier molecular flexibility index (Phi) is 5.20. The van der Waals surface area contributed by atoms with E-state index >= 15 is 0 Å². The highest BCUT2D eigenvalue weighted by atomic mass is 35.5. The lowest BCUT2D eigenvalue weighted by Crippen LogP contribution is -2.17. The molecule has 0 spiro atoms. The molecule has 0 saturated heterocycles. The van der Waals surface area contributed by atoms with E-state index in [9.17, 15) is 9.59 Å². The Balaban J connectivity index is 1.75. The van der Waals surface area contributed by atoms with Crippen molar-refractivity contribution in [2.75, 3.05) is 10.6 Å². The van der Waals surface area contributed by atoms with Gasteiger partial charge in [0.15, 0.2) is 5.82 Å². The van der Waals surface area contributed by atoms with Gasteiger partial charge >= 0.3 is 0 Å². The normalized spacial score (nSPS) is 10.4. The number of benzene rings is 1. The molecule has 0 aliphatic heterocycles. The highest BCUT2D eigenvalue weighted by Gasteiger charge is 2.14. The molecule has 0 radical (unpaired) electrons. The van der Waals surface area contributed by atoms with Gasteiger partial charge in [0.1, 0.15) is 11.5 Å². The summed E-state index contributed by atoms with van der Waals surface area (Å²) in [5.41, 5.74) is 0.724. The number of aromatic nitrogens is 2. The number of nitrogens with one attached hydrogen (secondary N) is 2. The molecule has 1 aromatic carbocycles. The molecule has 0 atom stereocenters. The fraction of sp³-hybridized carbons (Fsp3) is 0.0588. The van der Waals surface area contributed by atoms with Gasteiger partial charge in [0.05, 0.1) is 0 Å². The van der Waals surface area contributed by atoms with E-state index in [-0.39, 0.29) is 17.1 Å². The highest BCUT2D eigenvalue weighted by Crippen LogP contribution is 2.22. The second kappa shape index (κ2) is 7.55. The number of pyridine rings is 1. The number of anilines is 2. The first-order valence-corrected chi connectivity index (χ1v) is 8.14. The molecule has 2 N–H and O–H groups in total. The molecule has 7 nitrogen and oxygen atoms in total. The molecule has 0 saturated carbocycles. The second-order valence-corrected chi connectivity index (χ2v) is 6.19. The smallest absolute Gasteiger partial charge is 0.274 e. The second-order valence-electron chi connectivity index (χ2n) is 5.32. The molecule has 0 aliphatic rings. The number of hydrogen-bond acceptors (Lipinski definition) is 5. The molecule has 26 heavy (non-hydrogen) atoms. The van der Waals surface area contributed by atoms with Crippen LogP contribution in [0.4, 0.5) is 11.5 Å². The topological polar surface area (TPSA) is 97.1 Å². The first-order chi connectivity index (χ1) is 12.4. The molecule has 0 fully saturated rings. The molecule has 132 valence electrons. The van der Waals surface area contributed by atoms with Crippen molar-refractivity contribution in [2.24, 2.45) is 0 Å². The average molecular weight is 391 g/mol. The van der Waals surface area contributed by atoms with Gasteiger partial charge in [0.25, 0.3) is 11.8 Å². The van der Waals surface area contributed by atoms with Crippen LogP contribution in [0.25, 0.3) is 0 Å². The van der Waals surface area contributed by atoms with Crippen LogP contribution in [-0.2, 0) is 0 Å². The third-order valence-electron chi connectivity index (χ3n) is 3.24. The molecule has 0 aliphatic carbocycles. The average Bonchev–Trinajstić information content (AvgIpc) is 2.99. The van der Waals surface area contributed by atoms with Crippen LogP contribution in [0.15, 0.2) is 47.1 Å². The zero-order valence-corrected chi connectivity index (χ0v) is 14.9. The van der Waals surface area contributed by atoms with Crippen molar-refractivity contribution in [2.45, 2.75) is 6.92 Å². The standard InChI is InChI=1S/C17H12Cl2N4O3/c1-9-4-15(23-26-9)22-16(24)10-2-3-20-14(5-10)17(25)21-13-7-11(18)6-12(19)8-13/h2-8H,1H3,(H,21,25)(H,22,23,24). The minimum atomic E-state index is -0.504. The molecule has 3 aromatic rings. The lowest BCUT2D eigenvalue weighted by Gasteiger charge is -2.07.